The first kappa shape index (κ1) is 30.3. The van der Waals surface area contributed by atoms with Crippen molar-refractivity contribution in [3.63, 3.8) is 0 Å². The molecule has 1 amide bonds. The number of benzene rings is 3. The summed E-state index contributed by atoms with van der Waals surface area (Å²) in [5.41, 5.74) is 1.87. The number of hydrogen-bond acceptors (Lipinski definition) is 9. The van der Waals surface area contributed by atoms with Gasteiger partial charge in [0.2, 0.25) is 5.13 Å². The molecule has 43 heavy (non-hydrogen) atoms. The van der Waals surface area contributed by atoms with Crippen LogP contribution in [-0.2, 0) is 15.3 Å². The molecular formula is C32H28ClN3O5S2. The van der Waals surface area contributed by atoms with Gasteiger partial charge in [-0.1, -0.05) is 84.6 Å². The molecule has 11 heteroatoms. The Hall–Kier alpha value is -4.12. The van der Waals surface area contributed by atoms with E-state index in [0.717, 1.165) is 12.0 Å². The van der Waals surface area contributed by atoms with Crippen molar-refractivity contribution in [2.75, 3.05) is 18.1 Å². The number of carbonyl (C=O) groups is 2. The lowest BCUT2D eigenvalue weighted by molar-refractivity contribution is -0.132. The monoisotopic (exact) mass is 633 g/mol. The molecule has 1 fully saturated rings. The van der Waals surface area contributed by atoms with E-state index < -0.39 is 17.7 Å². The summed E-state index contributed by atoms with van der Waals surface area (Å²) in [7, 11) is 0. The summed E-state index contributed by atoms with van der Waals surface area (Å²) in [6.07, 6.45) is 2.49. The van der Waals surface area contributed by atoms with Crippen molar-refractivity contribution in [2.45, 2.75) is 29.5 Å². The zero-order valence-corrected chi connectivity index (χ0v) is 25.6. The number of aliphatic hydroxyl groups is 1. The predicted molar refractivity (Wildman–Crippen MR) is 170 cm³/mol. The number of ketones is 1. The van der Waals surface area contributed by atoms with Crippen molar-refractivity contribution in [2.24, 2.45) is 0 Å². The number of amides is 1. The van der Waals surface area contributed by atoms with Crippen molar-refractivity contribution < 1.29 is 24.2 Å². The molecule has 5 rings (SSSR count). The summed E-state index contributed by atoms with van der Waals surface area (Å²) < 4.78 is 11.9. The maximum Gasteiger partial charge on any atom is 0.301 e. The molecule has 0 spiro atoms. The Morgan fingerprint density at radius 2 is 1.74 bits per heavy atom. The van der Waals surface area contributed by atoms with Gasteiger partial charge in [0.25, 0.3) is 5.78 Å². The second kappa shape index (κ2) is 13.9. The van der Waals surface area contributed by atoms with Crippen LogP contribution < -0.4 is 14.4 Å². The largest absolute Gasteiger partial charge is 0.507 e. The smallest absolute Gasteiger partial charge is 0.301 e. The minimum absolute atomic E-state index is 0.0487. The lowest BCUT2D eigenvalue weighted by Crippen LogP contribution is -2.29. The van der Waals surface area contributed by atoms with Crippen LogP contribution in [0.5, 0.6) is 11.5 Å². The molecule has 4 aromatic rings. The first-order valence-electron chi connectivity index (χ1n) is 13.5. The fourth-order valence-corrected chi connectivity index (χ4v) is 6.60. The summed E-state index contributed by atoms with van der Waals surface area (Å²) >= 11 is 8.92. The molecule has 8 nitrogen and oxygen atoms in total. The Balaban J connectivity index is 1.51. The lowest BCUT2D eigenvalue weighted by Gasteiger charge is -2.22. The average Bonchev–Trinajstić information content (AvgIpc) is 3.60. The molecule has 220 valence electrons. The maximum atomic E-state index is 13.5. The van der Waals surface area contributed by atoms with Gasteiger partial charge in [0.05, 0.1) is 18.2 Å². The summed E-state index contributed by atoms with van der Waals surface area (Å²) in [4.78, 5) is 28.4. The molecule has 1 saturated heterocycles. The van der Waals surface area contributed by atoms with Crippen LogP contribution in [0, 0.1) is 0 Å². The van der Waals surface area contributed by atoms with Gasteiger partial charge in [-0.3, -0.25) is 14.5 Å². The normalized spacial score (nSPS) is 16.0. The number of Topliss-reactive ketones (excluding diaryl/α,β-unsaturated/α-hetero) is 1. The predicted octanol–water partition coefficient (Wildman–Crippen LogP) is 7.46. The number of aliphatic hydroxyl groups excluding tert-OH is 1. The number of nitrogens with zero attached hydrogens (tertiary/aromatic N) is 3. The van der Waals surface area contributed by atoms with Gasteiger partial charge in [-0.2, -0.15) is 0 Å². The van der Waals surface area contributed by atoms with E-state index in [2.05, 4.69) is 16.8 Å². The number of rotatable bonds is 12. The van der Waals surface area contributed by atoms with Crippen molar-refractivity contribution in [1.29, 1.82) is 0 Å². The average molecular weight is 634 g/mol. The quantitative estimate of drug-likeness (QED) is 0.0428. The fourth-order valence-electron chi connectivity index (χ4n) is 4.44. The highest BCUT2D eigenvalue weighted by atomic mass is 35.5. The van der Waals surface area contributed by atoms with Crippen LogP contribution in [0.3, 0.4) is 0 Å². The van der Waals surface area contributed by atoms with Gasteiger partial charge in [0.15, 0.2) is 4.34 Å². The van der Waals surface area contributed by atoms with Gasteiger partial charge >= 0.3 is 5.91 Å². The SMILES string of the molecule is C=CCOc1ccc(C2/C(=C(/O)c3ccc(OCCC)cc3)C(=O)C(=O)N2c2nnc(SCc3ccccc3Cl)s2)cc1. The molecule has 2 heterocycles. The second-order valence-corrected chi connectivity index (χ2v) is 12.0. The zero-order chi connectivity index (χ0) is 30.3. The summed E-state index contributed by atoms with van der Waals surface area (Å²) in [5.74, 6) is -0.126. The van der Waals surface area contributed by atoms with Crippen molar-refractivity contribution >= 4 is 57.3 Å². The summed E-state index contributed by atoms with van der Waals surface area (Å²) in [6, 6.07) is 20.3. The number of hydrogen-bond donors (Lipinski definition) is 1. The van der Waals surface area contributed by atoms with Gasteiger partial charge in [-0.25, -0.2) is 0 Å². The molecule has 1 unspecified atom stereocenters. The van der Waals surface area contributed by atoms with E-state index in [1.165, 1.54) is 28.0 Å². The molecule has 0 radical (unpaired) electrons. The third-order valence-corrected chi connectivity index (χ3v) is 8.99. The number of aromatic nitrogens is 2. The highest BCUT2D eigenvalue weighted by molar-refractivity contribution is 8.00. The Morgan fingerprint density at radius 1 is 1.05 bits per heavy atom. The maximum absolute atomic E-state index is 13.5. The van der Waals surface area contributed by atoms with Crippen LogP contribution >= 0.6 is 34.7 Å². The van der Waals surface area contributed by atoms with E-state index in [1.54, 1.807) is 54.6 Å². The van der Waals surface area contributed by atoms with Gasteiger partial charge < -0.3 is 14.6 Å². The Bertz CT molecular complexity index is 1650. The van der Waals surface area contributed by atoms with Crippen molar-refractivity contribution in [3.05, 3.63) is 113 Å². The van der Waals surface area contributed by atoms with Gasteiger partial charge in [0.1, 0.15) is 23.9 Å². The van der Waals surface area contributed by atoms with Crippen LogP contribution in [0.1, 0.15) is 36.1 Å². The van der Waals surface area contributed by atoms with Crippen molar-refractivity contribution in [3.8, 4) is 11.5 Å². The van der Waals surface area contributed by atoms with E-state index in [9.17, 15) is 14.7 Å². The van der Waals surface area contributed by atoms with Gasteiger partial charge in [0, 0.05) is 16.3 Å². The van der Waals surface area contributed by atoms with E-state index in [4.69, 9.17) is 21.1 Å². The molecule has 1 aromatic heterocycles. The Morgan fingerprint density at radius 3 is 2.44 bits per heavy atom. The van der Waals surface area contributed by atoms with E-state index in [0.29, 0.717) is 51.0 Å². The number of halogens is 1. The van der Waals surface area contributed by atoms with Crippen LogP contribution in [0.25, 0.3) is 5.76 Å². The minimum atomic E-state index is -0.946. The molecule has 3 aromatic carbocycles. The van der Waals surface area contributed by atoms with E-state index in [-0.39, 0.29) is 16.5 Å². The Labute approximate surface area is 262 Å². The lowest BCUT2D eigenvalue weighted by atomic mass is 9.95. The number of anilines is 1. The standard InChI is InChI=1S/C32H28ClN3O5S2/c1-3-17-40-23-13-9-20(10-14-23)27-26(28(37)21-11-15-24(16-12-21)41-18-4-2)29(38)30(39)36(27)31-34-35-32(43-31)42-19-22-7-5-6-8-25(22)33/h3,5-16,27,37H,1,4,17-19H2,2H3/b28-26-. The van der Waals surface area contributed by atoms with E-state index >= 15 is 0 Å². The molecule has 0 saturated carbocycles. The zero-order valence-electron chi connectivity index (χ0n) is 23.2. The van der Waals surface area contributed by atoms with Gasteiger partial charge in [-0.05, 0) is 60.0 Å². The molecule has 0 bridgehead atoms. The first-order chi connectivity index (χ1) is 20.9. The van der Waals surface area contributed by atoms with Gasteiger partial charge in [-0.15, -0.1) is 10.2 Å². The molecular weight excluding hydrogens is 606 g/mol. The molecule has 1 aliphatic rings. The fraction of sp³-hybridized carbons (Fsp3) is 0.188. The summed E-state index contributed by atoms with van der Waals surface area (Å²) in [5, 5.41) is 20.9. The molecule has 0 aliphatic carbocycles. The second-order valence-electron chi connectivity index (χ2n) is 9.44. The third kappa shape index (κ3) is 6.77. The Kier molecular flexibility index (Phi) is 9.81. The number of ether oxygens (including phenoxy) is 2. The summed E-state index contributed by atoms with van der Waals surface area (Å²) in [6.45, 7) is 6.56. The topological polar surface area (TPSA) is 102 Å². The highest BCUT2D eigenvalue weighted by Gasteiger charge is 2.48. The van der Waals surface area contributed by atoms with Crippen LogP contribution in [0.2, 0.25) is 5.02 Å². The van der Waals surface area contributed by atoms with E-state index in [1.807, 2.05) is 31.2 Å². The number of carbonyl (C=O) groups excluding carboxylic acids is 2. The van der Waals surface area contributed by atoms with Crippen LogP contribution in [0.4, 0.5) is 5.13 Å². The molecule has 1 atom stereocenters. The molecule has 1 aliphatic heterocycles. The first-order valence-corrected chi connectivity index (χ1v) is 15.7. The minimum Gasteiger partial charge on any atom is -0.507 e. The highest BCUT2D eigenvalue weighted by Crippen LogP contribution is 2.44. The third-order valence-electron chi connectivity index (χ3n) is 6.52. The van der Waals surface area contributed by atoms with Crippen LogP contribution in [0.15, 0.2) is 95.4 Å². The number of thioether (sulfide) groups is 1. The van der Waals surface area contributed by atoms with Crippen molar-refractivity contribution in [1.82, 2.24) is 10.2 Å². The molecule has 1 N–H and O–H groups in total. The van der Waals surface area contributed by atoms with Crippen LogP contribution in [-0.4, -0.2) is 40.2 Å².